The molecule has 1 saturated carbocycles. The van der Waals surface area contributed by atoms with Crippen molar-refractivity contribution < 1.29 is 9.13 Å². The van der Waals surface area contributed by atoms with Crippen LogP contribution in [0.15, 0.2) is 18.2 Å². The van der Waals surface area contributed by atoms with E-state index in [4.69, 9.17) is 4.74 Å². The smallest absolute Gasteiger partial charge is 0.123 e. The lowest BCUT2D eigenvalue weighted by Gasteiger charge is -2.25. The molecule has 0 atom stereocenters. The Balaban J connectivity index is 1.97. The highest BCUT2D eigenvalue weighted by Crippen LogP contribution is 2.28. The minimum atomic E-state index is -0.202. The quantitative estimate of drug-likeness (QED) is 0.835. The monoisotopic (exact) mass is 251 g/mol. The van der Waals surface area contributed by atoms with Crippen molar-refractivity contribution in [3.8, 4) is 5.75 Å². The van der Waals surface area contributed by atoms with Gasteiger partial charge in [0.15, 0.2) is 0 Å². The van der Waals surface area contributed by atoms with Crippen molar-refractivity contribution in [1.29, 1.82) is 0 Å². The molecule has 1 aliphatic carbocycles. The lowest BCUT2D eigenvalue weighted by Crippen LogP contribution is -2.23. The van der Waals surface area contributed by atoms with Gasteiger partial charge in [-0.05, 0) is 37.0 Å². The average molecular weight is 251 g/mol. The van der Waals surface area contributed by atoms with Crippen molar-refractivity contribution in [3.63, 3.8) is 0 Å². The summed E-state index contributed by atoms with van der Waals surface area (Å²) in [5.74, 6) is 1.31. The van der Waals surface area contributed by atoms with Gasteiger partial charge in [0.05, 0.1) is 6.61 Å². The third-order valence-corrected chi connectivity index (χ3v) is 3.42. The van der Waals surface area contributed by atoms with Crippen molar-refractivity contribution in [2.45, 2.75) is 45.7 Å². The maximum absolute atomic E-state index is 13.3. The van der Waals surface area contributed by atoms with E-state index in [0.29, 0.717) is 18.5 Å². The highest BCUT2D eigenvalue weighted by molar-refractivity contribution is 5.34. The van der Waals surface area contributed by atoms with Gasteiger partial charge in [0.1, 0.15) is 11.6 Å². The molecule has 0 saturated heterocycles. The van der Waals surface area contributed by atoms with E-state index in [2.05, 4.69) is 19.2 Å². The normalized spacial score (nSPS) is 15.8. The highest BCUT2D eigenvalue weighted by atomic mass is 19.1. The number of nitrogens with one attached hydrogen (secondary N) is 1. The van der Waals surface area contributed by atoms with E-state index < -0.39 is 0 Å². The van der Waals surface area contributed by atoms with Crippen LogP contribution in [-0.2, 0) is 6.54 Å². The second kappa shape index (κ2) is 6.19. The van der Waals surface area contributed by atoms with E-state index in [1.165, 1.54) is 25.3 Å². The first-order valence-corrected chi connectivity index (χ1v) is 6.80. The maximum Gasteiger partial charge on any atom is 0.123 e. The summed E-state index contributed by atoms with van der Waals surface area (Å²) in [4.78, 5) is 0. The minimum absolute atomic E-state index is 0.202. The summed E-state index contributed by atoms with van der Waals surface area (Å²) in [7, 11) is 0. The average Bonchev–Trinajstić information content (AvgIpc) is 2.26. The number of benzene rings is 1. The fraction of sp³-hybridized carbons (Fsp3) is 0.600. The zero-order valence-electron chi connectivity index (χ0n) is 11.2. The molecule has 1 N–H and O–H groups in total. The summed E-state index contributed by atoms with van der Waals surface area (Å²) in [5, 5.41) is 3.30. The molecule has 3 heteroatoms. The first-order valence-electron chi connectivity index (χ1n) is 6.80. The summed E-state index contributed by atoms with van der Waals surface area (Å²) in [6, 6.07) is 5.15. The molecule has 0 amide bonds. The number of hydrogen-bond donors (Lipinski definition) is 1. The highest BCUT2D eigenvalue weighted by Gasteiger charge is 2.18. The SMILES string of the molecule is CC(C)NCc1cc(F)ccc1OCC1CCC1. The summed E-state index contributed by atoms with van der Waals surface area (Å²) < 4.78 is 19.1. The zero-order chi connectivity index (χ0) is 13.0. The van der Waals surface area contributed by atoms with Gasteiger partial charge in [-0.2, -0.15) is 0 Å². The van der Waals surface area contributed by atoms with Gasteiger partial charge in [0.25, 0.3) is 0 Å². The maximum atomic E-state index is 13.3. The fourth-order valence-corrected chi connectivity index (χ4v) is 2.01. The summed E-state index contributed by atoms with van der Waals surface area (Å²) in [5.41, 5.74) is 0.906. The number of halogens is 1. The van der Waals surface area contributed by atoms with Crippen LogP contribution >= 0.6 is 0 Å². The molecule has 0 aliphatic heterocycles. The molecule has 2 nitrogen and oxygen atoms in total. The molecule has 0 radical (unpaired) electrons. The van der Waals surface area contributed by atoms with Crippen molar-refractivity contribution >= 4 is 0 Å². The fourth-order valence-electron chi connectivity index (χ4n) is 2.01. The summed E-state index contributed by atoms with van der Waals surface area (Å²) in [6.45, 7) is 5.57. The standard InChI is InChI=1S/C15H22FNO/c1-11(2)17-9-13-8-14(16)6-7-15(13)18-10-12-4-3-5-12/h6-8,11-12,17H,3-5,9-10H2,1-2H3. The Morgan fingerprint density at radius 1 is 1.39 bits per heavy atom. The van der Waals surface area contributed by atoms with Crippen LogP contribution < -0.4 is 10.1 Å². The van der Waals surface area contributed by atoms with Crippen LogP contribution in [-0.4, -0.2) is 12.6 Å². The molecule has 0 unspecified atom stereocenters. The number of ether oxygens (including phenoxy) is 1. The molecule has 0 spiro atoms. The molecule has 0 aromatic heterocycles. The van der Waals surface area contributed by atoms with Crippen LogP contribution in [0.5, 0.6) is 5.75 Å². The molecule has 100 valence electrons. The van der Waals surface area contributed by atoms with E-state index in [0.717, 1.165) is 17.9 Å². The van der Waals surface area contributed by atoms with Crippen molar-refractivity contribution in [2.24, 2.45) is 5.92 Å². The molecule has 1 aromatic rings. The Labute approximate surface area is 109 Å². The van der Waals surface area contributed by atoms with Crippen LogP contribution in [0, 0.1) is 11.7 Å². The third-order valence-electron chi connectivity index (χ3n) is 3.42. The molecule has 1 fully saturated rings. The molecule has 0 bridgehead atoms. The van der Waals surface area contributed by atoms with Gasteiger partial charge in [-0.25, -0.2) is 4.39 Å². The van der Waals surface area contributed by atoms with Crippen LogP contribution in [0.3, 0.4) is 0 Å². The van der Waals surface area contributed by atoms with Gasteiger partial charge in [0, 0.05) is 18.2 Å². The van der Waals surface area contributed by atoms with Crippen molar-refractivity contribution in [3.05, 3.63) is 29.6 Å². The van der Waals surface area contributed by atoms with E-state index >= 15 is 0 Å². The van der Waals surface area contributed by atoms with Crippen LogP contribution in [0.4, 0.5) is 4.39 Å². The number of hydrogen-bond acceptors (Lipinski definition) is 2. The van der Waals surface area contributed by atoms with Crippen LogP contribution in [0.1, 0.15) is 38.7 Å². The van der Waals surface area contributed by atoms with Gasteiger partial charge in [-0.15, -0.1) is 0 Å². The zero-order valence-corrected chi connectivity index (χ0v) is 11.2. The topological polar surface area (TPSA) is 21.3 Å². The Kier molecular flexibility index (Phi) is 4.59. The second-order valence-electron chi connectivity index (χ2n) is 5.40. The third kappa shape index (κ3) is 3.70. The first kappa shape index (κ1) is 13.3. The van der Waals surface area contributed by atoms with E-state index in [-0.39, 0.29) is 5.82 Å². The Bertz CT molecular complexity index is 388. The second-order valence-corrected chi connectivity index (χ2v) is 5.40. The molecule has 1 aromatic carbocycles. The number of rotatable bonds is 6. The van der Waals surface area contributed by atoms with Crippen molar-refractivity contribution in [1.82, 2.24) is 5.32 Å². The molecule has 18 heavy (non-hydrogen) atoms. The lowest BCUT2D eigenvalue weighted by molar-refractivity contribution is 0.179. The Morgan fingerprint density at radius 3 is 2.78 bits per heavy atom. The summed E-state index contributed by atoms with van der Waals surface area (Å²) in [6.07, 6.45) is 3.85. The van der Waals surface area contributed by atoms with Crippen LogP contribution in [0.2, 0.25) is 0 Å². The van der Waals surface area contributed by atoms with Gasteiger partial charge < -0.3 is 10.1 Å². The van der Waals surface area contributed by atoms with Gasteiger partial charge >= 0.3 is 0 Å². The predicted molar refractivity (Wildman–Crippen MR) is 71.2 cm³/mol. The molecule has 2 rings (SSSR count). The molecule has 1 aliphatic rings. The van der Waals surface area contributed by atoms with E-state index in [1.54, 1.807) is 12.1 Å². The minimum Gasteiger partial charge on any atom is -0.493 e. The van der Waals surface area contributed by atoms with Gasteiger partial charge in [0.2, 0.25) is 0 Å². The largest absolute Gasteiger partial charge is 0.493 e. The van der Waals surface area contributed by atoms with Crippen LogP contribution in [0.25, 0.3) is 0 Å². The Hall–Kier alpha value is -1.09. The van der Waals surface area contributed by atoms with Gasteiger partial charge in [-0.3, -0.25) is 0 Å². The molecular weight excluding hydrogens is 229 g/mol. The van der Waals surface area contributed by atoms with E-state index in [9.17, 15) is 4.39 Å². The van der Waals surface area contributed by atoms with E-state index in [1.807, 2.05) is 0 Å². The summed E-state index contributed by atoms with van der Waals surface area (Å²) >= 11 is 0. The predicted octanol–water partition coefficient (Wildman–Crippen LogP) is 3.50. The first-order chi connectivity index (χ1) is 8.65. The van der Waals surface area contributed by atoms with Crippen molar-refractivity contribution in [2.75, 3.05) is 6.61 Å². The Morgan fingerprint density at radius 2 is 2.17 bits per heavy atom. The van der Waals surface area contributed by atoms with Gasteiger partial charge in [-0.1, -0.05) is 20.3 Å². The molecule has 0 heterocycles. The lowest BCUT2D eigenvalue weighted by atomic mass is 9.86. The molecular formula is C15H22FNO.